The van der Waals surface area contributed by atoms with E-state index in [-0.39, 0.29) is 5.91 Å². The van der Waals surface area contributed by atoms with Crippen molar-refractivity contribution in [2.75, 3.05) is 4.90 Å². The molecule has 0 aliphatic carbocycles. The molecule has 0 fully saturated rings. The molecule has 132 valence electrons. The lowest BCUT2D eigenvalue weighted by Crippen LogP contribution is -2.46. The summed E-state index contributed by atoms with van der Waals surface area (Å²) in [6, 6.07) is 13.0. The first-order valence-corrected chi connectivity index (χ1v) is 12.9. The Kier molecular flexibility index (Phi) is 4.87. The predicted octanol–water partition coefficient (Wildman–Crippen LogP) is 5.11. The minimum Gasteiger partial charge on any atom is -0.308 e. The monoisotopic (exact) mass is 351 g/mol. The zero-order valence-corrected chi connectivity index (χ0v) is 17.1. The van der Waals surface area contributed by atoms with Gasteiger partial charge in [-0.25, -0.2) is 0 Å². The number of unbranched alkanes of at least 4 members (excludes halogenated alkanes) is 1. The number of anilines is 1. The molecule has 1 aliphatic heterocycles. The van der Waals surface area contributed by atoms with E-state index in [1.165, 1.54) is 35.1 Å². The van der Waals surface area contributed by atoms with Gasteiger partial charge in [0.1, 0.15) is 0 Å². The van der Waals surface area contributed by atoms with Gasteiger partial charge in [-0.05, 0) is 35.6 Å². The Hall–Kier alpha value is -1.87. The Morgan fingerprint density at radius 2 is 1.80 bits per heavy atom. The number of carbonyl (C=O) groups excluding carboxylic acids is 1. The van der Waals surface area contributed by atoms with Crippen molar-refractivity contribution < 1.29 is 4.79 Å². The van der Waals surface area contributed by atoms with E-state index in [0.29, 0.717) is 6.54 Å². The third kappa shape index (κ3) is 3.30. The van der Waals surface area contributed by atoms with Gasteiger partial charge < -0.3 is 4.90 Å². The highest BCUT2D eigenvalue weighted by Crippen LogP contribution is 2.39. The molecule has 0 atom stereocenters. The number of carbonyl (C=O) groups is 1. The summed E-state index contributed by atoms with van der Waals surface area (Å²) in [4.78, 5) is 14.3. The van der Waals surface area contributed by atoms with Gasteiger partial charge in [0.05, 0.1) is 20.3 Å². The summed E-state index contributed by atoms with van der Waals surface area (Å²) in [6.07, 6.45) is 3.58. The summed E-state index contributed by atoms with van der Waals surface area (Å²) in [5.74, 6) is 0.124. The van der Waals surface area contributed by atoms with Crippen LogP contribution >= 0.6 is 0 Å². The molecule has 2 aromatic carbocycles. The lowest BCUT2D eigenvalue weighted by Gasteiger charge is -2.35. The average Bonchev–Trinajstić information content (AvgIpc) is 2.57. The van der Waals surface area contributed by atoms with Gasteiger partial charge in [-0.3, -0.25) is 4.79 Å². The maximum atomic E-state index is 12.3. The van der Waals surface area contributed by atoms with E-state index >= 15 is 0 Å². The summed E-state index contributed by atoms with van der Waals surface area (Å²) in [5.41, 5.74) is 6.46. The molecule has 0 saturated heterocycles. The molecule has 3 rings (SSSR count). The molecule has 0 unspecified atom stereocenters. The van der Waals surface area contributed by atoms with Gasteiger partial charge in [0.25, 0.3) is 0 Å². The fourth-order valence-corrected chi connectivity index (χ4v) is 6.37. The molecule has 0 bridgehead atoms. The Bertz CT molecular complexity index is 804. The minimum atomic E-state index is -1.53. The number of amides is 1. The van der Waals surface area contributed by atoms with Crippen LogP contribution in [0.5, 0.6) is 0 Å². The van der Waals surface area contributed by atoms with E-state index in [1.807, 2.05) is 11.0 Å². The van der Waals surface area contributed by atoms with Crippen molar-refractivity contribution in [3.8, 4) is 11.1 Å². The van der Waals surface area contributed by atoms with Crippen LogP contribution in [0.3, 0.4) is 0 Å². The fourth-order valence-electron chi connectivity index (χ4n) is 4.08. The maximum Gasteiger partial charge on any atom is 0.224 e. The first-order chi connectivity index (χ1) is 11.8. The standard InChI is InChI=1S/C22H29NOSi/c1-6-7-10-17-13-14-18-19-11-8-9-12-21(19)23(16(2)24)15-20(18)22(17)25(3,4)5/h8-9,11-14H,6-7,10,15H2,1-5H3. The lowest BCUT2D eigenvalue weighted by molar-refractivity contribution is -0.116. The predicted molar refractivity (Wildman–Crippen MR) is 110 cm³/mol. The number of para-hydroxylation sites is 1. The highest BCUT2D eigenvalue weighted by Gasteiger charge is 2.31. The first-order valence-electron chi connectivity index (χ1n) is 9.37. The van der Waals surface area contributed by atoms with Gasteiger partial charge in [-0.2, -0.15) is 0 Å². The summed E-state index contributed by atoms with van der Waals surface area (Å²) in [6.45, 7) is 11.9. The van der Waals surface area contributed by atoms with Crippen LogP contribution in [-0.2, 0) is 17.8 Å². The van der Waals surface area contributed by atoms with Crippen molar-refractivity contribution >= 4 is 24.9 Å². The molecule has 1 aliphatic rings. The van der Waals surface area contributed by atoms with Crippen LogP contribution in [0.2, 0.25) is 19.6 Å². The van der Waals surface area contributed by atoms with E-state index in [4.69, 9.17) is 0 Å². The van der Waals surface area contributed by atoms with Gasteiger partial charge in [-0.1, -0.05) is 68.5 Å². The maximum absolute atomic E-state index is 12.3. The first kappa shape index (κ1) is 17.9. The number of hydrogen-bond donors (Lipinski definition) is 0. The molecule has 2 aromatic rings. The zero-order chi connectivity index (χ0) is 18.2. The highest BCUT2D eigenvalue weighted by atomic mass is 28.3. The summed E-state index contributed by atoms with van der Waals surface area (Å²) < 4.78 is 0. The second-order valence-corrected chi connectivity index (χ2v) is 13.1. The van der Waals surface area contributed by atoms with Crippen LogP contribution in [0.1, 0.15) is 37.8 Å². The minimum absolute atomic E-state index is 0.124. The number of nitrogens with zero attached hydrogens (tertiary/aromatic N) is 1. The number of hydrogen-bond acceptors (Lipinski definition) is 1. The number of benzene rings is 2. The van der Waals surface area contributed by atoms with Crippen LogP contribution in [0.25, 0.3) is 11.1 Å². The molecule has 3 heteroatoms. The van der Waals surface area contributed by atoms with Crippen molar-refractivity contribution in [3.63, 3.8) is 0 Å². The highest BCUT2D eigenvalue weighted by molar-refractivity contribution is 6.89. The van der Waals surface area contributed by atoms with Gasteiger partial charge in [0.15, 0.2) is 0 Å². The Morgan fingerprint density at radius 1 is 1.08 bits per heavy atom. The molecule has 0 aromatic heterocycles. The molecule has 25 heavy (non-hydrogen) atoms. The molecular formula is C22H29NOSi. The third-order valence-electron chi connectivity index (χ3n) is 5.13. The van der Waals surface area contributed by atoms with E-state index in [2.05, 4.69) is 56.9 Å². The third-order valence-corrected chi connectivity index (χ3v) is 7.25. The quantitative estimate of drug-likeness (QED) is 0.701. The molecule has 1 amide bonds. The number of aryl methyl sites for hydroxylation is 1. The molecule has 1 heterocycles. The van der Waals surface area contributed by atoms with Crippen molar-refractivity contribution in [2.24, 2.45) is 0 Å². The van der Waals surface area contributed by atoms with Crippen molar-refractivity contribution in [3.05, 3.63) is 47.5 Å². The topological polar surface area (TPSA) is 20.3 Å². The van der Waals surface area contributed by atoms with Gasteiger partial charge in [0.2, 0.25) is 5.91 Å². The largest absolute Gasteiger partial charge is 0.308 e. The fraction of sp³-hybridized carbons (Fsp3) is 0.409. The van der Waals surface area contributed by atoms with Crippen molar-refractivity contribution in [1.82, 2.24) is 0 Å². The number of fused-ring (bicyclic) bond motifs is 3. The van der Waals surface area contributed by atoms with Crippen LogP contribution < -0.4 is 10.1 Å². The second-order valence-electron chi connectivity index (χ2n) is 8.10. The summed E-state index contributed by atoms with van der Waals surface area (Å²) in [7, 11) is -1.53. The second kappa shape index (κ2) is 6.79. The van der Waals surface area contributed by atoms with Gasteiger partial charge >= 0.3 is 0 Å². The molecular weight excluding hydrogens is 322 g/mol. The van der Waals surface area contributed by atoms with E-state index in [1.54, 1.807) is 12.1 Å². The van der Waals surface area contributed by atoms with Crippen LogP contribution in [0.15, 0.2) is 36.4 Å². The molecule has 0 radical (unpaired) electrons. The average molecular weight is 352 g/mol. The SMILES string of the molecule is CCCCc1ccc2c(c1[Si](C)(C)C)CN(C(C)=O)c1ccccc1-2. The van der Waals surface area contributed by atoms with Crippen molar-refractivity contribution in [2.45, 2.75) is 59.3 Å². The van der Waals surface area contributed by atoms with Gasteiger partial charge in [0, 0.05) is 12.5 Å². The Balaban J connectivity index is 2.26. The van der Waals surface area contributed by atoms with Crippen LogP contribution in [0, 0.1) is 0 Å². The molecule has 0 N–H and O–H groups in total. The van der Waals surface area contributed by atoms with Gasteiger partial charge in [-0.15, -0.1) is 0 Å². The van der Waals surface area contributed by atoms with Crippen molar-refractivity contribution in [1.29, 1.82) is 0 Å². The molecule has 0 spiro atoms. The zero-order valence-electron chi connectivity index (χ0n) is 16.1. The van der Waals surface area contributed by atoms with E-state index < -0.39 is 8.07 Å². The summed E-state index contributed by atoms with van der Waals surface area (Å²) >= 11 is 0. The van der Waals surface area contributed by atoms with E-state index in [9.17, 15) is 4.79 Å². The lowest BCUT2D eigenvalue weighted by atomic mass is 9.90. The molecule has 2 nitrogen and oxygen atoms in total. The normalized spacial score (nSPS) is 13.4. The van der Waals surface area contributed by atoms with Crippen LogP contribution in [0.4, 0.5) is 5.69 Å². The summed E-state index contributed by atoms with van der Waals surface area (Å²) in [5, 5.41) is 1.57. The Morgan fingerprint density at radius 3 is 2.44 bits per heavy atom. The molecule has 0 saturated carbocycles. The smallest absolute Gasteiger partial charge is 0.224 e. The Labute approximate surface area is 152 Å². The van der Waals surface area contributed by atoms with E-state index in [0.717, 1.165) is 12.1 Å². The van der Waals surface area contributed by atoms with Crippen LogP contribution in [-0.4, -0.2) is 14.0 Å². The number of rotatable bonds is 4.